The molecule has 1 aromatic heterocycles. The smallest absolute Gasteiger partial charge is 0.0351 e. The molecule has 0 saturated heterocycles. The van der Waals surface area contributed by atoms with Crippen LogP contribution in [0.2, 0.25) is 0 Å². The molecule has 0 radical (unpaired) electrons. The number of aryl methyl sites for hydroxylation is 3. The summed E-state index contributed by atoms with van der Waals surface area (Å²) in [4.78, 5) is 1.50. The van der Waals surface area contributed by atoms with E-state index in [-0.39, 0.29) is 0 Å². The van der Waals surface area contributed by atoms with Gasteiger partial charge >= 0.3 is 0 Å². The van der Waals surface area contributed by atoms with E-state index < -0.39 is 0 Å². The Morgan fingerprint density at radius 2 is 1.86 bits per heavy atom. The second kappa shape index (κ2) is 3.74. The lowest BCUT2D eigenvalue weighted by molar-refractivity contribution is 1.15. The molecule has 1 heteroatoms. The Labute approximate surface area is 89.6 Å². The second-order valence-electron chi connectivity index (χ2n) is 3.76. The summed E-state index contributed by atoms with van der Waals surface area (Å²) in [5.74, 6) is 0. The van der Waals surface area contributed by atoms with Crippen molar-refractivity contribution in [1.29, 1.82) is 0 Å². The van der Waals surface area contributed by atoms with Crippen LogP contribution in [0.1, 0.15) is 29.9 Å². The molecule has 0 bridgehead atoms. The molecule has 14 heavy (non-hydrogen) atoms. The summed E-state index contributed by atoms with van der Waals surface area (Å²) in [7, 11) is 0. The van der Waals surface area contributed by atoms with E-state index in [1.165, 1.54) is 26.1 Å². The molecule has 0 fully saturated rings. The summed E-state index contributed by atoms with van der Waals surface area (Å²) < 4.78 is 1.46. The lowest BCUT2D eigenvalue weighted by Gasteiger charge is -2.00. The standard InChI is InChI=1S/C13H16S/c1-4-10-6-9(3)7-13-12(10)8-11(5-2)14-13/h6-8H,4-5H2,1-3H3. The molecule has 0 N–H and O–H groups in total. The van der Waals surface area contributed by atoms with Gasteiger partial charge in [-0.05, 0) is 48.4 Å². The van der Waals surface area contributed by atoms with Gasteiger partial charge in [-0.3, -0.25) is 0 Å². The van der Waals surface area contributed by atoms with Crippen molar-refractivity contribution in [3.63, 3.8) is 0 Å². The van der Waals surface area contributed by atoms with E-state index in [1.54, 1.807) is 0 Å². The maximum absolute atomic E-state index is 2.36. The van der Waals surface area contributed by atoms with Crippen LogP contribution in [0, 0.1) is 6.92 Å². The lowest BCUT2D eigenvalue weighted by atomic mass is 10.0. The molecule has 1 heterocycles. The minimum absolute atomic E-state index is 1.14. The van der Waals surface area contributed by atoms with Gasteiger partial charge in [0.05, 0.1) is 0 Å². The molecular weight excluding hydrogens is 188 g/mol. The van der Waals surface area contributed by atoms with E-state index in [0.717, 1.165) is 12.8 Å². The van der Waals surface area contributed by atoms with E-state index in [4.69, 9.17) is 0 Å². The van der Waals surface area contributed by atoms with E-state index in [1.807, 2.05) is 11.3 Å². The fourth-order valence-corrected chi connectivity index (χ4v) is 3.03. The van der Waals surface area contributed by atoms with Crippen LogP contribution in [0.4, 0.5) is 0 Å². The monoisotopic (exact) mass is 204 g/mol. The average molecular weight is 204 g/mol. The molecule has 74 valence electrons. The number of benzene rings is 1. The van der Waals surface area contributed by atoms with E-state index in [9.17, 15) is 0 Å². The van der Waals surface area contributed by atoms with Crippen molar-refractivity contribution in [2.75, 3.05) is 0 Å². The van der Waals surface area contributed by atoms with Crippen molar-refractivity contribution in [1.82, 2.24) is 0 Å². The van der Waals surface area contributed by atoms with Gasteiger partial charge in [-0.15, -0.1) is 11.3 Å². The van der Waals surface area contributed by atoms with Crippen LogP contribution in [0.3, 0.4) is 0 Å². The number of hydrogen-bond acceptors (Lipinski definition) is 1. The molecule has 0 saturated carbocycles. The molecule has 0 nitrogen and oxygen atoms in total. The first-order chi connectivity index (χ1) is 6.74. The van der Waals surface area contributed by atoms with Gasteiger partial charge in [-0.25, -0.2) is 0 Å². The van der Waals surface area contributed by atoms with Gasteiger partial charge in [0.2, 0.25) is 0 Å². The fraction of sp³-hybridized carbons (Fsp3) is 0.385. The Bertz CT molecular complexity index is 451. The topological polar surface area (TPSA) is 0 Å². The summed E-state index contributed by atoms with van der Waals surface area (Å²) in [6.45, 7) is 6.64. The molecule has 0 aliphatic rings. The Kier molecular flexibility index (Phi) is 2.60. The summed E-state index contributed by atoms with van der Waals surface area (Å²) in [5.41, 5.74) is 2.88. The number of fused-ring (bicyclic) bond motifs is 1. The molecule has 2 aromatic rings. The summed E-state index contributed by atoms with van der Waals surface area (Å²) in [6, 6.07) is 6.98. The molecule has 0 aliphatic heterocycles. The first kappa shape index (κ1) is 9.72. The molecule has 2 rings (SSSR count). The van der Waals surface area contributed by atoms with Crippen LogP contribution in [-0.2, 0) is 12.8 Å². The Morgan fingerprint density at radius 3 is 2.50 bits per heavy atom. The number of thiophene rings is 1. The first-order valence-corrected chi connectivity index (χ1v) is 6.08. The van der Waals surface area contributed by atoms with E-state index >= 15 is 0 Å². The van der Waals surface area contributed by atoms with E-state index in [2.05, 4.69) is 39.0 Å². The van der Waals surface area contributed by atoms with Crippen molar-refractivity contribution in [2.24, 2.45) is 0 Å². The molecule has 1 aromatic carbocycles. The normalized spacial score (nSPS) is 11.1. The third-order valence-electron chi connectivity index (χ3n) is 2.65. The highest BCUT2D eigenvalue weighted by Crippen LogP contribution is 2.30. The fourth-order valence-electron chi connectivity index (χ4n) is 1.88. The zero-order chi connectivity index (χ0) is 10.1. The summed E-state index contributed by atoms with van der Waals surface area (Å²) >= 11 is 1.94. The molecular formula is C13H16S. The molecule has 0 unspecified atom stereocenters. The highest BCUT2D eigenvalue weighted by atomic mass is 32.1. The predicted octanol–water partition coefficient (Wildman–Crippen LogP) is 4.33. The predicted molar refractivity (Wildman–Crippen MR) is 65.3 cm³/mol. The number of hydrogen-bond donors (Lipinski definition) is 0. The second-order valence-corrected chi connectivity index (χ2v) is 4.92. The average Bonchev–Trinajstić information content (AvgIpc) is 2.59. The van der Waals surface area contributed by atoms with Crippen LogP contribution < -0.4 is 0 Å². The van der Waals surface area contributed by atoms with Crippen molar-refractivity contribution < 1.29 is 0 Å². The maximum atomic E-state index is 2.36. The first-order valence-electron chi connectivity index (χ1n) is 5.26. The minimum Gasteiger partial charge on any atom is -0.140 e. The van der Waals surface area contributed by atoms with Gasteiger partial charge < -0.3 is 0 Å². The highest BCUT2D eigenvalue weighted by molar-refractivity contribution is 7.19. The van der Waals surface area contributed by atoms with Gasteiger partial charge in [0.25, 0.3) is 0 Å². The Hall–Kier alpha value is -0.820. The zero-order valence-corrected chi connectivity index (χ0v) is 9.87. The van der Waals surface area contributed by atoms with Gasteiger partial charge in [-0.2, -0.15) is 0 Å². The highest BCUT2D eigenvalue weighted by Gasteiger charge is 2.05. The van der Waals surface area contributed by atoms with Crippen LogP contribution in [-0.4, -0.2) is 0 Å². The van der Waals surface area contributed by atoms with Gasteiger partial charge in [0.15, 0.2) is 0 Å². The molecule has 0 aliphatic carbocycles. The van der Waals surface area contributed by atoms with Crippen molar-refractivity contribution in [3.8, 4) is 0 Å². The summed E-state index contributed by atoms with van der Waals surface area (Å²) in [6.07, 6.45) is 2.29. The quantitative estimate of drug-likeness (QED) is 0.683. The zero-order valence-electron chi connectivity index (χ0n) is 9.05. The van der Waals surface area contributed by atoms with Crippen LogP contribution in [0.25, 0.3) is 10.1 Å². The van der Waals surface area contributed by atoms with Crippen LogP contribution >= 0.6 is 11.3 Å². The maximum Gasteiger partial charge on any atom is 0.0351 e. The van der Waals surface area contributed by atoms with Crippen LogP contribution in [0.5, 0.6) is 0 Å². The van der Waals surface area contributed by atoms with Crippen molar-refractivity contribution >= 4 is 21.4 Å². The Morgan fingerprint density at radius 1 is 1.07 bits per heavy atom. The van der Waals surface area contributed by atoms with Crippen molar-refractivity contribution in [2.45, 2.75) is 33.6 Å². The largest absolute Gasteiger partial charge is 0.140 e. The Balaban J connectivity index is 2.71. The van der Waals surface area contributed by atoms with Crippen molar-refractivity contribution in [3.05, 3.63) is 34.2 Å². The minimum atomic E-state index is 1.14. The molecule has 0 atom stereocenters. The van der Waals surface area contributed by atoms with E-state index in [0.29, 0.717) is 0 Å². The SMILES string of the molecule is CCc1cc2c(CC)cc(C)cc2s1. The summed E-state index contributed by atoms with van der Waals surface area (Å²) in [5, 5.41) is 1.47. The molecule has 0 spiro atoms. The van der Waals surface area contributed by atoms with Crippen LogP contribution in [0.15, 0.2) is 18.2 Å². The third kappa shape index (κ3) is 1.57. The number of rotatable bonds is 2. The molecule has 0 amide bonds. The van der Waals surface area contributed by atoms with Gasteiger partial charge in [0.1, 0.15) is 0 Å². The van der Waals surface area contributed by atoms with Gasteiger partial charge in [0, 0.05) is 9.58 Å². The van der Waals surface area contributed by atoms with Gasteiger partial charge in [-0.1, -0.05) is 19.9 Å². The lowest BCUT2D eigenvalue weighted by Crippen LogP contribution is -1.82. The third-order valence-corrected chi connectivity index (χ3v) is 3.87.